The lowest BCUT2D eigenvalue weighted by Gasteiger charge is -2.07. The number of anilines is 1. The first-order valence-electron chi connectivity index (χ1n) is 5.58. The summed E-state index contributed by atoms with van der Waals surface area (Å²) in [6, 6.07) is 6.95. The molecule has 0 aromatic heterocycles. The van der Waals surface area contributed by atoms with E-state index in [1.807, 2.05) is 0 Å². The maximum atomic E-state index is 13.2. The van der Waals surface area contributed by atoms with Gasteiger partial charge in [0.05, 0.1) is 15.5 Å². The number of rotatable bonds is 3. The van der Waals surface area contributed by atoms with Gasteiger partial charge in [0.15, 0.2) is 0 Å². The quantitative estimate of drug-likeness (QED) is 0.674. The van der Waals surface area contributed by atoms with E-state index in [4.69, 9.17) is 23.2 Å². The van der Waals surface area contributed by atoms with E-state index < -0.39 is 16.6 Å². The maximum Gasteiger partial charge on any atom is 0.270 e. The molecule has 8 heteroatoms. The molecule has 0 spiro atoms. The first-order valence-corrected chi connectivity index (χ1v) is 6.34. The second-order valence-electron chi connectivity index (χ2n) is 4.03. The molecule has 0 aliphatic rings. The van der Waals surface area contributed by atoms with E-state index in [1.165, 1.54) is 18.2 Å². The van der Waals surface area contributed by atoms with Crippen molar-refractivity contribution in [1.82, 2.24) is 0 Å². The van der Waals surface area contributed by atoms with Gasteiger partial charge in [-0.1, -0.05) is 23.2 Å². The van der Waals surface area contributed by atoms with Crippen molar-refractivity contribution in [2.24, 2.45) is 0 Å². The van der Waals surface area contributed by atoms with E-state index in [0.717, 1.165) is 18.2 Å². The Hall–Kier alpha value is -2.18. The minimum absolute atomic E-state index is 0.0422. The van der Waals surface area contributed by atoms with Crippen LogP contribution in [0.2, 0.25) is 10.0 Å². The lowest BCUT2D eigenvalue weighted by Crippen LogP contribution is -2.13. The van der Waals surface area contributed by atoms with Crippen molar-refractivity contribution in [3.05, 3.63) is 67.9 Å². The highest BCUT2D eigenvalue weighted by atomic mass is 35.5. The van der Waals surface area contributed by atoms with Crippen LogP contribution in [0.5, 0.6) is 0 Å². The van der Waals surface area contributed by atoms with Crippen molar-refractivity contribution in [2.75, 3.05) is 5.32 Å². The Morgan fingerprint density at radius 1 is 1.19 bits per heavy atom. The second-order valence-corrected chi connectivity index (χ2v) is 4.88. The normalized spacial score (nSPS) is 10.2. The fourth-order valence-corrected chi connectivity index (χ4v) is 2.05. The van der Waals surface area contributed by atoms with Crippen molar-refractivity contribution in [3.8, 4) is 0 Å². The summed E-state index contributed by atoms with van der Waals surface area (Å²) in [4.78, 5) is 22.1. The van der Waals surface area contributed by atoms with Gasteiger partial charge in [-0.3, -0.25) is 14.9 Å². The van der Waals surface area contributed by atoms with Crippen molar-refractivity contribution < 1.29 is 14.1 Å². The number of nitrogens with zero attached hydrogens (tertiary/aromatic N) is 1. The van der Waals surface area contributed by atoms with Crippen LogP contribution in [0.4, 0.5) is 15.8 Å². The van der Waals surface area contributed by atoms with Crippen LogP contribution < -0.4 is 5.32 Å². The molecule has 5 nitrogen and oxygen atoms in total. The first-order chi connectivity index (χ1) is 9.86. The van der Waals surface area contributed by atoms with E-state index in [9.17, 15) is 19.3 Å². The van der Waals surface area contributed by atoms with Gasteiger partial charge in [0.1, 0.15) is 5.82 Å². The number of hydrogen-bond donors (Lipinski definition) is 1. The fourth-order valence-electron chi connectivity index (χ4n) is 1.63. The van der Waals surface area contributed by atoms with Crippen LogP contribution in [0.3, 0.4) is 0 Å². The highest BCUT2D eigenvalue weighted by Crippen LogP contribution is 2.24. The predicted molar refractivity (Wildman–Crippen MR) is 77.5 cm³/mol. The zero-order valence-corrected chi connectivity index (χ0v) is 11.8. The summed E-state index contributed by atoms with van der Waals surface area (Å²) in [5, 5.41) is 13.2. The van der Waals surface area contributed by atoms with E-state index in [1.54, 1.807) is 0 Å². The van der Waals surface area contributed by atoms with Crippen molar-refractivity contribution in [3.63, 3.8) is 0 Å². The van der Waals surface area contributed by atoms with Gasteiger partial charge in [-0.15, -0.1) is 0 Å². The standard InChI is InChI=1S/C13H7Cl2FN2O3/c14-7-3-8(16)5-9(4-7)17-13(19)11-6-10(18(20)21)1-2-12(11)15/h1-6H,(H,17,19). The van der Waals surface area contributed by atoms with E-state index >= 15 is 0 Å². The van der Waals surface area contributed by atoms with Gasteiger partial charge < -0.3 is 5.32 Å². The smallest absolute Gasteiger partial charge is 0.270 e. The van der Waals surface area contributed by atoms with Gasteiger partial charge in [-0.05, 0) is 24.3 Å². The molecular formula is C13H7Cl2FN2O3. The van der Waals surface area contributed by atoms with E-state index in [0.29, 0.717) is 0 Å². The molecule has 0 saturated carbocycles. The lowest BCUT2D eigenvalue weighted by atomic mass is 10.2. The molecule has 0 atom stereocenters. The molecule has 0 saturated heterocycles. The maximum absolute atomic E-state index is 13.2. The summed E-state index contributed by atoms with van der Waals surface area (Å²) in [5.41, 5.74) is -0.249. The van der Waals surface area contributed by atoms with Crippen LogP contribution in [0.25, 0.3) is 0 Å². The van der Waals surface area contributed by atoms with Crippen LogP contribution in [0.1, 0.15) is 10.4 Å². The number of carbonyl (C=O) groups is 1. The molecule has 0 aliphatic carbocycles. The number of halogens is 3. The average molecular weight is 329 g/mol. The largest absolute Gasteiger partial charge is 0.322 e. The predicted octanol–water partition coefficient (Wildman–Crippen LogP) is 4.29. The van der Waals surface area contributed by atoms with Crippen LogP contribution in [-0.2, 0) is 0 Å². The highest BCUT2D eigenvalue weighted by molar-refractivity contribution is 6.34. The minimum atomic E-state index is -0.703. The fraction of sp³-hybridized carbons (Fsp3) is 0. The summed E-state index contributed by atoms with van der Waals surface area (Å²) < 4.78 is 13.2. The van der Waals surface area contributed by atoms with Crippen molar-refractivity contribution in [1.29, 1.82) is 0 Å². The van der Waals surface area contributed by atoms with Gasteiger partial charge in [-0.25, -0.2) is 4.39 Å². The number of carbonyl (C=O) groups excluding carboxylic acids is 1. The number of non-ortho nitro benzene ring substituents is 1. The summed E-state index contributed by atoms with van der Waals surface area (Å²) in [7, 11) is 0. The third-order valence-electron chi connectivity index (χ3n) is 2.53. The Kier molecular flexibility index (Phi) is 4.40. The van der Waals surface area contributed by atoms with Crippen LogP contribution >= 0.6 is 23.2 Å². The molecule has 2 aromatic rings. The van der Waals surface area contributed by atoms with Crippen LogP contribution in [0.15, 0.2) is 36.4 Å². The Labute approximate surface area is 128 Å². The molecule has 0 heterocycles. The lowest BCUT2D eigenvalue weighted by molar-refractivity contribution is -0.384. The molecule has 2 aromatic carbocycles. The number of amides is 1. The Morgan fingerprint density at radius 3 is 2.52 bits per heavy atom. The third-order valence-corrected chi connectivity index (χ3v) is 3.07. The Bertz CT molecular complexity index is 717. The molecule has 108 valence electrons. The van der Waals surface area contributed by atoms with Gasteiger partial charge in [0.2, 0.25) is 0 Å². The highest BCUT2D eigenvalue weighted by Gasteiger charge is 2.16. The van der Waals surface area contributed by atoms with Gasteiger partial charge in [0, 0.05) is 22.8 Å². The zero-order chi connectivity index (χ0) is 15.6. The molecule has 1 N–H and O–H groups in total. The van der Waals surface area contributed by atoms with E-state index in [-0.39, 0.29) is 27.0 Å². The van der Waals surface area contributed by atoms with Crippen LogP contribution in [0, 0.1) is 15.9 Å². The Balaban J connectivity index is 2.31. The third kappa shape index (κ3) is 3.68. The van der Waals surface area contributed by atoms with Gasteiger partial charge in [-0.2, -0.15) is 0 Å². The molecule has 21 heavy (non-hydrogen) atoms. The molecule has 1 amide bonds. The topological polar surface area (TPSA) is 72.2 Å². The first kappa shape index (κ1) is 15.2. The minimum Gasteiger partial charge on any atom is -0.322 e. The number of hydrogen-bond acceptors (Lipinski definition) is 3. The van der Waals surface area contributed by atoms with E-state index in [2.05, 4.69) is 5.32 Å². The number of nitro groups is 1. The molecule has 0 radical (unpaired) electrons. The van der Waals surface area contributed by atoms with Crippen molar-refractivity contribution >= 4 is 40.5 Å². The second kappa shape index (κ2) is 6.07. The number of nitrogens with one attached hydrogen (secondary N) is 1. The summed E-state index contributed by atoms with van der Waals surface area (Å²) in [6.07, 6.45) is 0. The molecule has 0 unspecified atom stereocenters. The number of nitro benzene ring substituents is 1. The number of benzene rings is 2. The van der Waals surface area contributed by atoms with Crippen molar-refractivity contribution in [2.45, 2.75) is 0 Å². The van der Waals surface area contributed by atoms with Crippen LogP contribution in [-0.4, -0.2) is 10.8 Å². The summed E-state index contributed by atoms with van der Waals surface area (Å²) in [6.45, 7) is 0. The summed E-state index contributed by atoms with van der Waals surface area (Å²) >= 11 is 11.5. The molecule has 0 aliphatic heterocycles. The molecule has 0 bridgehead atoms. The monoisotopic (exact) mass is 328 g/mol. The van der Waals surface area contributed by atoms with Gasteiger partial charge in [0.25, 0.3) is 11.6 Å². The molecule has 2 rings (SSSR count). The summed E-state index contributed by atoms with van der Waals surface area (Å²) in [5.74, 6) is -1.33. The Morgan fingerprint density at radius 2 is 1.90 bits per heavy atom. The molecular weight excluding hydrogens is 322 g/mol. The zero-order valence-electron chi connectivity index (χ0n) is 10.3. The van der Waals surface area contributed by atoms with Gasteiger partial charge >= 0.3 is 0 Å². The average Bonchev–Trinajstić information content (AvgIpc) is 2.37. The molecule has 0 fully saturated rings. The SMILES string of the molecule is O=C(Nc1cc(F)cc(Cl)c1)c1cc([N+](=O)[O-])ccc1Cl.